The number of nitrogens with zero attached hydrogens (tertiary/aromatic N) is 2. The summed E-state index contributed by atoms with van der Waals surface area (Å²) in [5.74, 6) is -0.107. The third kappa shape index (κ3) is 2.40. The number of pyridine rings is 1. The number of hydrogen-bond acceptors (Lipinski definition) is 2. The lowest BCUT2D eigenvalue weighted by molar-refractivity contribution is 0.102. The molecule has 0 aliphatic carbocycles. The van der Waals surface area contributed by atoms with Crippen LogP contribution in [-0.2, 0) is 0 Å². The number of carbonyl (C=O) groups is 1. The number of benzene rings is 1. The zero-order chi connectivity index (χ0) is 14.1. The van der Waals surface area contributed by atoms with Gasteiger partial charge in [-0.3, -0.25) is 4.79 Å². The Morgan fingerprint density at radius 3 is 2.70 bits per heavy atom. The van der Waals surface area contributed by atoms with Crippen LogP contribution in [0.15, 0.2) is 48.8 Å². The normalized spacial score (nSPS) is 10.7. The minimum atomic E-state index is -0.107. The van der Waals surface area contributed by atoms with Gasteiger partial charge in [-0.15, -0.1) is 0 Å². The molecule has 0 bridgehead atoms. The van der Waals surface area contributed by atoms with Gasteiger partial charge in [-0.25, -0.2) is 4.98 Å². The molecule has 0 radical (unpaired) electrons. The number of aryl methyl sites for hydroxylation is 1. The van der Waals surface area contributed by atoms with Gasteiger partial charge in [0.25, 0.3) is 5.91 Å². The Morgan fingerprint density at radius 2 is 1.95 bits per heavy atom. The summed E-state index contributed by atoms with van der Waals surface area (Å²) in [6, 6.07) is 11.2. The van der Waals surface area contributed by atoms with Gasteiger partial charge in [0.2, 0.25) is 0 Å². The highest BCUT2D eigenvalue weighted by atomic mass is 127. The Balaban J connectivity index is 1.90. The Bertz CT molecular complexity index is 777. The number of imidazole rings is 1. The Hall–Kier alpha value is -1.89. The second kappa shape index (κ2) is 5.24. The maximum Gasteiger partial charge on any atom is 0.255 e. The lowest BCUT2D eigenvalue weighted by Gasteiger charge is -2.10. The molecule has 0 aliphatic rings. The van der Waals surface area contributed by atoms with E-state index in [1.54, 1.807) is 6.20 Å². The topological polar surface area (TPSA) is 46.4 Å². The number of anilines is 1. The first-order valence-electron chi connectivity index (χ1n) is 6.15. The summed E-state index contributed by atoms with van der Waals surface area (Å²) in [4.78, 5) is 16.4. The second-order valence-electron chi connectivity index (χ2n) is 4.45. The van der Waals surface area contributed by atoms with Crippen LogP contribution in [0.3, 0.4) is 0 Å². The molecule has 0 fully saturated rings. The van der Waals surface area contributed by atoms with Gasteiger partial charge < -0.3 is 9.72 Å². The summed E-state index contributed by atoms with van der Waals surface area (Å²) < 4.78 is 3.05. The standard InChI is InChI=1S/C15H12IN3O/c1-10-13(6-7-14-17-8-9-19(10)14)18-15(20)11-2-4-12(16)5-3-11/h2-9H,1H3,(H,18,20). The first-order chi connectivity index (χ1) is 9.65. The molecule has 1 N–H and O–H groups in total. The van der Waals surface area contributed by atoms with Gasteiger partial charge in [-0.05, 0) is 65.9 Å². The molecular weight excluding hydrogens is 365 g/mol. The summed E-state index contributed by atoms with van der Waals surface area (Å²) in [5.41, 5.74) is 3.27. The molecule has 2 aromatic heterocycles. The van der Waals surface area contributed by atoms with E-state index in [1.807, 2.05) is 53.9 Å². The lowest BCUT2D eigenvalue weighted by Crippen LogP contribution is -2.13. The van der Waals surface area contributed by atoms with Crippen LogP contribution in [0.1, 0.15) is 16.1 Å². The molecule has 1 amide bonds. The molecule has 0 unspecified atom stereocenters. The number of fused-ring (bicyclic) bond motifs is 1. The number of aromatic nitrogens is 2. The van der Waals surface area contributed by atoms with Crippen molar-refractivity contribution >= 4 is 39.8 Å². The molecule has 0 aliphatic heterocycles. The van der Waals surface area contributed by atoms with Crippen molar-refractivity contribution in [3.63, 3.8) is 0 Å². The fourth-order valence-electron chi connectivity index (χ4n) is 2.06. The van der Waals surface area contributed by atoms with Crippen molar-refractivity contribution in [1.29, 1.82) is 0 Å². The summed E-state index contributed by atoms with van der Waals surface area (Å²) in [6.07, 6.45) is 3.62. The van der Waals surface area contributed by atoms with E-state index >= 15 is 0 Å². The molecule has 0 spiro atoms. The molecule has 20 heavy (non-hydrogen) atoms. The van der Waals surface area contributed by atoms with Crippen LogP contribution >= 0.6 is 22.6 Å². The molecule has 100 valence electrons. The molecule has 0 saturated carbocycles. The highest BCUT2D eigenvalue weighted by molar-refractivity contribution is 14.1. The van der Waals surface area contributed by atoms with E-state index in [2.05, 4.69) is 32.9 Å². The van der Waals surface area contributed by atoms with E-state index in [1.165, 1.54) is 0 Å². The van der Waals surface area contributed by atoms with Gasteiger partial charge in [-0.2, -0.15) is 0 Å². The van der Waals surface area contributed by atoms with E-state index in [4.69, 9.17) is 0 Å². The van der Waals surface area contributed by atoms with Crippen molar-refractivity contribution in [3.8, 4) is 0 Å². The number of amides is 1. The van der Waals surface area contributed by atoms with E-state index in [9.17, 15) is 4.79 Å². The van der Waals surface area contributed by atoms with E-state index in [0.29, 0.717) is 5.56 Å². The molecule has 3 aromatic rings. The number of hydrogen-bond donors (Lipinski definition) is 1. The first kappa shape index (κ1) is 13.1. The zero-order valence-corrected chi connectivity index (χ0v) is 13.0. The molecule has 0 atom stereocenters. The summed E-state index contributed by atoms with van der Waals surface area (Å²) >= 11 is 2.22. The fraction of sp³-hybridized carbons (Fsp3) is 0.0667. The van der Waals surface area contributed by atoms with E-state index in [0.717, 1.165) is 20.6 Å². The van der Waals surface area contributed by atoms with Crippen molar-refractivity contribution in [2.45, 2.75) is 6.92 Å². The van der Waals surface area contributed by atoms with Crippen LogP contribution in [0.2, 0.25) is 0 Å². The van der Waals surface area contributed by atoms with Gasteiger partial charge in [0, 0.05) is 27.2 Å². The van der Waals surface area contributed by atoms with Crippen molar-refractivity contribution < 1.29 is 4.79 Å². The SMILES string of the molecule is Cc1c(NC(=O)c2ccc(I)cc2)ccc2nccn12. The molecule has 1 aromatic carbocycles. The predicted molar refractivity (Wildman–Crippen MR) is 87.0 cm³/mol. The zero-order valence-electron chi connectivity index (χ0n) is 10.8. The molecule has 5 heteroatoms. The maximum atomic E-state index is 12.2. The average Bonchev–Trinajstić information content (AvgIpc) is 2.92. The minimum Gasteiger partial charge on any atom is -0.320 e. The van der Waals surface area contributed by atoms with Gasteiger partial charge >= 0.3 is 0 Å². The highest BCUT2D eigenvalue weighted by Crippen LogP contribution is 2.18. The largest absolute Gasteiger partial charge is 0.320 e. The van der Waals surface area contributed by atoms with Crippen molar-refractivity contribution in [3.05, 3.63) is 63.6 Å². The lowest BCUT2D eigenvalue weighted by atomic mass is 10.2. The summed E-state index contributed by atoms with van der Waals surface area (Å²) in [5, 5.41) is 2.94. The van der Waals surface area contributed by atoms with Crippen LogP contribution < -0.4 is 5.32 Å². The van der Waals surface area contributed by atoms with Crippen LogP contribution in [0.4, 0.5) is 5.69 Å². The quantitative estimate of drug-likeness (QED) is 0.695. The summed E-state index contributed by atoms with van der Waals surface area (Å²) in [6.45, 7) is 1.96. The van der Waals surface area contributed by atoms with Crippen LogP contribution in [0, 0.1) is 10.5 Å². The Labute approximate surface area is 130 Å². The average molecular weight is 377 g/mol. The predicted octanol–water partition coefficient (Wildman–Crippen LogP) is 3.50. The Morgan fingerprint density at radius 1 is 1.20 bits per heavy atom. The minimum absolute atomic E-state index is 0.107. The van der Waals surface area contributed by atoms with Crippen LogP contribution in [-0.4, -0.2) is 15.3 Å². The van der Waals surface area contributed by atoms with Crippen LogP contribution in [0.25, 0.3) is 5.65 Å². The molecule has 3 rings (SSSR count). The van der Waals surface area contributed by atoms with Gasteiger partial charge in [0.15, 0.2) is 0 Å². The second-order valence-corrected chi connectivity index (χ2v) is 5.69. The number of halogens is 1. The maximum absolute atomic E-state index is 12.2. The number of rotatable bonds is 2. The van der Waals surface area contributed by atoms with E-state index in [-0.39, 0.29) is 5.91 Å². The van der Waals surface area contributed by atoms with E-state index < -0.39 is 0 Å². The van der Waals surface area contributed by atoms with Crippen LogP contribution in [0.5, 0.6) is 0 Å². The molecule has 4 nitrogen and oxygen atoms in total. The van der Waals surface area contributed by atoms with Crippen molar-refractivity contribution in [2.75, 3.05) is 5.32 Å². The van der Waals surface area contributed by atoms with Crippen molar-refractivity contribution in [2.24, 2.45) is 0 Å². The van der Waals surface area contributed by atoms with Gasteiger partial charge in [-0.1, -0.05) is 0 Å². The Kier molecular flexibility index (Phi) is 3.43. The highest BCUT2D eigenvalue weighted by Gasteiger charge is 2.09. The number of nitrogens with one attached hydrogen (secondary N) is 1. The van der Waals surface area contributed by atoms with Gasteiger partial charge in [0.1, 0.15) is 5.65 Å². The molecule has 2 heterocycles. The molecule has 0 saturated heterocycles. The fourth-order valence-corrected chi connectivity index (χ4v) is 2.42. The smallest absolute Gasteiger partial charge is 0.255 e. The third-order valence-corrected chi connectivity index (χ3v) is 3.89. The summed E-state index contributed by atoms with van der Waals surface area (Å²) in [7, 11) is 0. The molecular formula is C15H12IN3O. The third-order valence-electron chi connectivity index (χ3n) is 3.17. The van der Waals surface area contributed by atoms with Gasteiger partial charge in [0.05, 0.1) is 5.69 Å². The first-order valence-corrected chi connectivity index (χ1v) is 7.22. The number of carbonyl (C=O) groups excluding carboxylic acids is 1. The monoisotopic (exact) mass is 377 g/mol. The van der Waals surface area contributed by atoms with Crippen molar-refractivity contribution in [1.82, 2.24) is 9.38 Å².